The molecule has 9 heavy (non-hydrogen) atoms. The topological polar surface area (TPSA) is 25.2 Å². The van der Waals surface area contributed by atoms with Gasteiger partial charge in [0.1, 0.15) is 0 Å². The second-order valence-electron chi connectivity index (χ2n) is 1.82. The lowest BCUT2D eigenvalue weighted by atomic mass is 10.3. The van der Waals surface area contributed by atoms with Crippen LogP contribution in [-0.4, -0.2) is 11.7 Å². The highest BCUT2D eigenvalue weighted by molar-refractivity contribution is 5.43. The van der Waals surface area contributed by atoms with Gasteiger partial charge in [-0.2, -0.15) is 0 Å². The number of nitrogens with zero attached hydrogens (tertiary/aromatic N) is 2. The van der Waals surface area contributed by atoms with Crippen molar-refractivity contribution < 1.29 is 0 Å². The van der Waals surface area contributed by atoms with Crippen LogP contribution in [0.15, 0.2) is 23.3 Å². The summed E-state index contributed by atoms with van der Waals surface area (Å²) in [7, 11) is 0. The summed E-state index contributed by atoms with van der Waals surface area (Å²) in [5, 5.41) is 0. The normalized spacial score (nSPS) is 9.00. The number of rotatable bonds is 1. The van der Waals surface area contributed by atoms with Crippen molar-refractivity contribution in [1.82, 2.24) is 4.98 Å². The van der Waals surface area contributed by atoms with Crippen molar-refractivity contribution in [3.05, 3.63) is 24.0 Å². The van der Waals surface area contributed by atoms with Gasteiger partial charge in [0.15, 0.2) is 0 Å². The molecule has 1 aromatic heterocycles. The molecule has 0 aromatic carbocycles. The van der Waals surface area contributed by atoms with Gasteiger partial charge < -0.3 is 0 Å². The van der Waals surface area contributed by atoms with E-state index in [2.05, 4.69) is 16.7 Å². The molecule has 0 N–H and O–H groups in total. The molecule has 0 radical (unpaired) electrons. The fourth-order valence-electron chi connectivity index (χ4n) is 0.554. The molecule has 0 atom stereocenters. The number of pyridine rings is 1. The number of aromatic nitrogens is 1. The molecule has 0 spiro atoms. The molecular weight excluding hydrogens is 112 g/mol. The molecule has 0 unspecified atom stereocenters. The molecule has 1 heterocycles. The third-order valence-electron chi connectivity index (χ3n) is 1.08. The SMILES string of the molecule is C=Nc1ccc(C)nc1. The summed E-state index contributed by atoms with van der Waals surface area (Å²) in [5.74, 6) is 0. The van der Waals surface area contributed by atoms with Crippen molar-refractivity contribution in [1.29, 1.82) is 0 Å². The minimum absolute atomic E-state index is 0.820. The summed E-state index contributed by atoms with van der Waals surface area (Å²) in [6, 6.07) is 3.79. The van der Waals surface area contributed by atoms with Crippen LogP contribution in [0.4, 0.5) is 5.69 Å². The van der Waals surface area contributed by atoms with Gasteiger partial charge in [0.05, 0.1) is 11.9 Å². The van der Waals surface area contributed by atoms with Crippen molar-refractivity contribution in [2.45, 2.75) is 6.92 Å². The number of aryl methyl sites for hydroxylation is 1. The van der Waals surface area contributed by atoms with Crippen molar-refractivity contribution in [3.63, 3.8) is 0 Å². The minimum Gasteiger partial charge on any atom is -0.263 e. The average molecular weight is 120 g/mol. The van der Waals surface area contributed by atoms with Crippen molar-refractivity contribution in [2.75, 3.05) is 0 Å². The number of aliphatic imine (C=N–C) groups is 1. The average Bonchev–Trinajstić information content (AvgIpc) is 1.90. The Kier molecular flexibility index (Phi) is 1.58. The van der Waals surface area contributed by atoms with Gasteiger partial charge in [-0.1, -0.05) is 0 Å². The summed E-state index contributed by atoms with van der Waals surface area (Å²) in [6.07, 6.45) is 1.70. The Morgan fingerprint density at radius 3 is 2.78 bits per heavy atom. The maximum Gasteiger partial charge on any atom is 0.0805 e. The van der Waals surface area contributed by atoms with E-state index in [0.717, 1.165) is 11.4 Å². The van der Waals surface area contributed by atoms with Crippen LogP contribution in [-0.2, 0) is 0 Å². The highest BCUT2D eigenvalue weighted by atomic mass is 14.7. The first kappa shape index (κ1) is 5.95. The molecule has 1 aromatic rings. The zero-order valence-electron chi connectivity index (χ0n) is 5.33. The maximum absolute atomic E-state index is 4.02. The van der Waals surface area contributed by atoms with E-state index in [9.17, 15) is 0 Å². The molecule has 1 rings (SSSR count). The molecular formula is C7H8N2. The highest BCUT2D eigenvalue weighted by Gasteiger charge is 1.84. The second-order valence-corrected chi connectivity index (χ2v) is 1.82. The van der Waals surface area contributed by atoms with Crippen LogP contribution in [0.1, 0.15) is 5.69 Å². The van der Waals surface area contributed by atoms with E-state index in [1.165, 1.54) is 0 Å². The summed E-state index contributed by atoms with van der Waals surface area (Å²) in [4.78, 5) is 7.72. The van der Waals surface area contributed by atoms with Crippen LogP contribution in [0.2, 0.25) is 0 Å². The van der Waals surface area contributed by atoms with Gasteiger partial charge in [0.25, 0.3) is 0 Å². The smallest absolute Gasteiger partial charge is 0.0805 e. The Morgan fingerprint density at radius 2 is 2.33 bits per heavy atom. The van der Waals surface area contributed by atoms with Crippen LogP contribution >= 0.6 is 0 Å². The van der Waals surface area contributed by atoms with Gasteiger partial charge in [-0.3, -0.25) is 9.98 Å². The molecule has 0 amide bonds. The Hall–Kier alpha value is -1.18. The van der Waals surface area contributed by atoms with Gasteiger partial charge in [-0.25, -0.2) is 0 Å². The first-order valence-electron chi connectivity index (χ1n) is 2.72. The molecule has 0 saturated heterocycles. The van der Waals surface area contributed by atoms with Crippen LogP contribution < -0.4 is 0 Å². The Bertz CT molecular complexity index is 201. The highest BCUT2D eigenvalue weighted by Crippen LogP contribution is 2.07. The summed E-state index contributed by atoms with van der Waals surface area (Å²) < 4.78 is 0. The molecule has 0 aliphatic rings. The van der Waals surface area contributed by atoms with Gasteiger partial charge >= 0.3 is 0 Å². The quantitative estimate of drug-likeness (QED) is 0.518. The van der Waals surface area contributed by atoms with E-state index < -0.39 is 0 Å². The van der Waals surface area contributed by atoms with Gasteiger partial charge in [0, 0.05) is 5.69 Å². The summed E-state index contributed by atoms with van der Waals surface area (Å²) >= 11 is 0. The van der Waals surface area contributed by atoms with E-state index in [0.29, 0.717) is 0 Å². The number of hydrogen-bond acceptors (Lipinski definition) is 2. The van der Waals surface area contributed by atoms with E-state index >= 15 is 0 Å². The largest absolute Gasteiger partial charge is 0.263 e. The van der Waals surface area contributed by atoms with Crippen LogP contribution in [0.5, 0.6) is 0 Å². The maximum atomic E-state index is 4.02. The molecule has 0 bridgehead atoms. The third kappa shape index (κ3) is 1.35. The molecule has 2 heteroatoms. The minimum atomic E-state index is 0.820. The Labute approximate surface area is 54.3 Å². The van der Waals surface area contributed by atoms with Gasteiger partial charge in [-0.15, -0.1) is 0 Å². The Morgan fingerprint density at radius 1 is 1.56 bits per heavy atom. The van der Waals surface area contributed by atoms with Crippen molar-refractivity contribution in [3.8, 4) is 0 Å². The summed E-state index contributed by atoms with van der Waals surface area (Å²) in [5.41, 5.74) is 1.82. The summed E-state index contributed by atoms with van der Waals surface area (Å²) in [6.45, 7) is 5.31. The molecule has 0 aliphatic heterocycles. The first-order valence-corrected chi connectivity index (χ1v) is 2.72. The lowest BCUT2D eigenvalue weighted by Gasteiger charge is -1.90. The van der Waals surface area contributed by atoms with Gasteiger partial charge in [0.2, 0.25) is 0 Å². The predicted octanol–water partition coefficient (Wildman–Crippen LogP) is 1.72. The zero-order chi connectivity index (χ0) is 6.69. The lowest BCUT2D eigenvalue weighted by Crippen LogP contribution is -1.75. The van der Waals surface area contributed by atoms with Gasteiger partial charge in [-0.05, 0) is 25.8 Å². The van der Waals surface area contributed by atoms with Crippen LogP contribution in [0.25, 0.3) is 0 Å². The Balaban J connectivity index is 3.01. The molecule has 2 nitrogen and oxygen atoms in total. The van der Waals surface area contributed by atoms with Crippen molar-refractivity contribution in [2.24, 2.45) is 4.99 Å². The standard InChI is InChI=1S/C7H8N2/c1-6-3-4-7(8-2)5-9-6/h3-5H,2H2,1H3. The zero-order valence-corrected chi connectivity index (χ0v) is 5.33. The molecule has 0 fully saturated rings. The number of hydrogen-bond donors (Lipinski definition) is 0. The molecule has 0 aliphatic carbocycles. The fraction of sp³-hybridized carbons (Fsp3) is 0.143. The monoisotopic (exact) mass is 120 g/mol. The third-order valence-corrected chi connectivity index (χ3v) is 1.08. The predicted molar refractivity (Wildman–Crippen MR) is 38.2 cm³/mol. The van der Waals surface area contributed by atoms with Crippen LogP contribution in [0.3, 0.4) is 0 Å². The second kappa shape index (κ2) is 2.40. The van der Waals surface area contributed by atoms with E-state index in [1.807, 2.05) is 19.1 Å². The van der Waals surface area contributed by atoms with Crippen molar-refractivity contribution >= 4 is 12.4 Å². The fourth-order valence-corrected chi connectivity index (χ4v) is 0.554. The molecule has 46 valence electrons. The van der Waals surface area contributed by atoms with E-state index in [1.54, 1.807) is 6.20 Å². The van der Waals surface area contributed by atoms with Crippen LogP contribution in [0, 0.1) is 6.92 Å². The lowest BCUT2D eigenvalue weighted by molar-refractivity contribution is 1.19. The first-order chi connectivity index (χ1) is 4.33. The molecule has 0 saturated carbocycles. The van der Waals surface area contributed by atoms with E-state index in [-0.39, 0.29) is 0 Å². The van der Waals surface area contributed by atoms with E-state index in [4.69, 9.17) is 0 Å².